The summed E-state index contributed by atoms with van der Waals surface area (Å²) in [5.74, 6) is -0.0353. The van der Waals surface area contributed by atoms with Gasteiger partial charge in [0, 0.05) is 19.1 Å². The fourth-order valence-electron chi connectivity index (χ4n) is 2.35. The number of hydrogen-bond donors (Lipinski definition) is 1. The summed E-state index contributed by atoms with van der Waals surface area (Å²) in [5.41, 5.74) is 0.867. The molecule has 142 valence electrons. The maximum absolute atomic E-state index is 12.6. The van der Waals surface area contributed by atoms with Gasteiger partial charge in [-0.05, 0) is 36.4 Å². The summed E-state index contributed by atoms with van der Waals surface area (Å²) in [6, 6.07) is 9.37. The van der Waals surface area contributed by atoms with Crippen LogP contribution in [0.15, 0.2) is 41.3 Å². The molecule has 1 heterocycles. The second kappa shape index (κ2) is 7.43. The average molecular weight is 426 g/mol. The van der Waals surface area contributed by atoms with Crippen molar-refractivity contribution in [3.63, 3.8) is 0 Å². The summed E-state index contributed by atoms with van der Waals surface area (Å²) in [5, 5.41) is 3.45. The predicted octanol–water partition coefficient (Wildman–Crippen LogP) is 3.46. The summed E-state index contributed by atoms with van der Waals surface area (Å²) in [6.07, 6.45) is 0. The van der Waals surface area contributed by atoms with Gasteiger partial charge in [0.05, 0.1) is 27.8 Å². The van der Waals surface area contributed by atoms with Crippen molar-refractivity contribution in [2.45, 2.75) is 4.90 Å². The van der Waals surface area contributed by atoms with Crippen LogP contribution in [0.25, 0.3) is 10.2 Å². The molecule has 0 saturated carbocycles. The Kier molecular flexibility index (Phi) is 5.38. The second-order valence-electron chi connectivity index (χ2n) is 5.73. The molecule has 0 spiro atoms. The predicted molar refractivity (Wildman–Crippen MR) is 106 cm³/mol. The monoisotopic (exact) mass is 425 g/mol. The zero-order valence-electron chi connectivity index (χ0n) is 14.7. The summed E-state index contributed by atoms with van der Waals surface area (Å²) in [7, 11) is 0.854. The smallest absolute Gasteiger partial charge is 0.261 e. The van der Waals surface area contributed by atoms with Crippen LogP contribution in [0, 0.1) is 0 Å². The van der Waals surface area contributed by atoms with Gasteiger partial charge in [-0.2, -0.15) is 0 Å². The van der Waals surface area contributed by atoms with Crippen molar-refractivity contribution in [3.8, 4) is 5.75 Å². The lowest BCUT2D eigenvalue weighted by atomic mass is 10.2. The van der Waals surface area contributed by atoms with Crippen molar-refractivity contribution in [3.05, 3.63) is 47.0 Å². The number of carbonyl (C=O) groups is 1. The number of halogens is 1. The largest absolute Gasteiger partial charge is 0.496 e. The van der Waals surface area contributed by atoms with Gasteiger partial charge in [0.25, 0.3) is 5.91 Å². The number of ether oxygens (including phenoxy) is 1. The van der Waals surface area contributed by atoms with Gasteiger partial charge in [0.2, 0.25) is 10.0 Å². The van der Waals surface area contributed by atoms with Crippen LogP contribution in [0.5, 0.6) is 5.75 Å². The molecule has 1 aromatic heterocycles. The van der Waals surface area contributed by atoms with E-state index in [0.29, 0.717) is 26.1 Å². The van der Waals surface area contributed by atoms with Crippen molar-refractivity contribution >= 4 is 54.2 Å². The van der Waals surface area contributed by atoms with Gasteiger partial charge in [0.15, 0.2) is 5.13 Å². The van der Waals surface area contributed by atoms with Crippen molar-refractivity contribution in [2.24, 2.45) is 0 Å². The Morgan fingerprint density at radius 3 is 2.63 bits per heavy atom. The van der Waals surface area contributed by atoms with Crippen molar-refractivity contribution in [2.75, 3.05) is 26.5 Å². The number of nitrogens with zero attached hydrogens (tertiary/aromatic N) is 2. The normalized spacial score (nSPS) is 11.7. The molecule has 0 atom stereocenters. The Hall–Kier alpha value is -2.20. The van der Waals surface area contributed by atoms with E-state index in [-0.39, 0.29) is 10.5 Å². The first-order chi connectivity index (χ1) is 12.7. The van der Waals surface area contributed by atoms with Crippen LogP contribution < -0.4 is 10.1 Å². The van der Waals surface area contributed by atoms with E-state index in [9.17, 15) is 13.2 Å². The van der Waals surface area contributed by atoms with Crippen molar-refractivity contribution in [1.29, 1.82) is 0 Å². The molecule has 10 heteroatoms. The zero-order valence-corrected chi connectivity index (χ0v) is 17.1. The Balaban J connectivity index is 1.92. The topological polar surface area (TPSA) is 88.6 Å². The van der Waals surface area contributed by atoms with E-state index in [4.69, 9.17) is 16.3 Å². The van der Waals surface area contributed by atoms with Crippen molar-refractivity contribution in [1.82, 2.24) is 9.29 Å². The number of aromatic nitrogens is 1. The van der Waals surface area contributed by atoms with E-state index in [1.807, 2.05) is 0 Å². The summed E-state index contributed by atoms with van der Waals surface area (Å²) >= 11 is 7.14. The van der Waals surface area contributed by atoms with E-state index < -0.39 is 15.9 Å². The number of nitrogens with one attached hydrogen (secondary N) is 1. The molecular formula is C17H16ClN3O4S2. The van der Waals surface area contributed by atoms with Crippen LogP contribution in [0.2, 0.25) is 5.02 Å². The van der Waals surface area contributed by atoms with Gasteiger partial charge < -0.3 is 4.74 Å². The highest BCUT2D eigenvalue weighted by Gasteiger charge is 2.19. The lowest BCUT2D eigenvalue weighted by Crippen LogP contribution is -2.22. The van der Waals surface area contributed by atoms with Gasteiger partial charge in [-0.25, -0.2) is 17.7 Å². The van der Waals surface area contributed by atoms with E-state index in [2.05, 4.69) is 10.3 Å². The Bertz CT molecular complexity index is 1130. The number of sulfonamides is 1. The molecule has 0 aliphatic heterocycles. The molecule has 3 aromatic rings. The number of anilines is 1. The quantitative estimate of drug-likeness (QED) is 0.676. The number of rotatable bonds is 5. The highest BCUT2D eigenvalue weighted by Crippen LogP contribution is 2.30. The molecule has 27 heavy (non-hydrogen) atoms. The zero-order chi connectivity index (χ0) is 19.8. The van der Waals surface area contributed by atoms with Gasteiger partial charge >= 0.3 is 0 Å². The number of amides is 1. The van der Waals surface area contributed by atoms with E-state index in [0.717, 1.165) is 4.31 Å². The number of fused-ring (bicyclic) bond motifs is 1. The molecule has 1 N–H and O–H groups in total. The number of hydrogen-bond acceptors (Lipinski definition) is 6. The van der Waals surface area contributed by atoms with Gasteiger partial charge in [-0.3, -0.25) is 10.1 Å². The first-order valence-electron chi connectivity index (χ1n) is 7.70. The molecule has 0 bridgehead atoms. The minimum Gasteiger partial charge on any atom is -0.496 e. The highest BCUT2D eigenvalue weighted by molar-refractivity contribution is 7.89. The molecule has 0 aliphatic carbocycles. The molecule has 0 fully saturated rings. The number of thiazole rings is 1. The molecule has 0 saturated heterocycles. The Morgan fingerprint density at radius 2 is 1.96 bits per heavy atom. The molecule has 0 radical (unpaired) electrons. The molecule has 0 unspecified atom stereocenters. The number of methoxy groups -OCH3 is 1. The third kappa shape index (κ3) is 3.91. The molecule has 1 amide bonds. The second-order valence-corrected chi connectivity index (χ2v) is 9.35. The first-order valence-corrected chi connectivity index (χ1v) is 10.3. The first kappa shape index (κ1) is 19.6. The van der Waals surface area contributed by atoms with Crippen LogP contribution in [0.4, 0.5) is 5.13 Å². The van der Waals surface area contributed by atoms with Gasteiger partial charge in [0.1, 0.15) is 5.75 Å². The standard InChI is InChI=1S/C17H16ClN3O4S2/c1-21(2)27(23,24)11-5-6-13-15(9-11)26-17(19-13)20-16(22)12-8-10(18)4-7-14(12)25-3/h4-9H,1-3H3,(H,19,20,22). The maximum Gasteiger partial charge on any atom is 0.261 e. The van der Waals surface area contributed by atoms with Crippen LogP contribution in [-0.2, 0) is 10.0 Å². The molecule has 3 rings (SSSR count). The fraction of sp³-hybridized carbons (Fsp3) is 0.176. The Morgan fingerprint density at radius 1 is 1.22 bits per heavy atom. The van der Waals surface area contributed by atoms with E-state index in [1.165, 1.54) is 50.7 Å². The molecule has 0 aliphatic rings. The lowest BCUT2D eigenvalue weighted by Gasteiger charge is -2.10. The minimum absolute atomic E-state index is 0.165. The van der Waals surface area contributed by atoms with E-state index >= 15 is 0 Å². The minimum atomic E-state index is -3.55. The van der Waals surface area contributed by atoms with Crippen LogP contribution >= 0.6 is 22.9 Å². The van der Waals surface area contributed by atoms with Crippen LogP contribution in [-0.4, -0.2) is 44.8 Å². The van der Waals surface area contributed by atoms with Crippen molar-refractivity contribution < 1.29 is 17.9 Å². The molecule has 2 aromatic carbocycles. The number of benzene rings is 2. The summed E-state index contributed by atoms with van der Waals surface area (Å²) < 4.78 is 31.5. The highest BCUT2D eigenvalue weighted by atomic mass is 35.5. The van der Waals surface area contributed by atoms with Crippen LogP contribution in [0.1, 0.15) is 10.4 Å². The number of carbonyl (C=O) groups excluding carboxylic acids is 1. The van der Waals surface area contributed by atoms with E-state index in [1.54, 1.807) is 18.2 Å². The third-order valence-electron chi connectivity index (χ3n) is 3.77. The van der Waals surface area contributed by atoms with Crippen LogP contribution in [0.3, 0.4) is 0 Å². The Labute approximate surface area is 165 Å². The summed E-state index contributed by atoms with van der Waals surface area (Å²) in [4.78, 5) is 17.0. The molecular weight excluding hydrogens is 410 g/mol. The summed E-state index contributed by atoms with van der Waals surface area (Å²) in [6.45, 7) is 0. The maximum atomic E-state index is 12.6. The fourth-order valence-corrected chi connectivity index (χ4v) is 4.43. The lowest BCUT2D eigenvalue weighted by molar-refractivity contribution is 0.102. The molecule has 7 nitrogen and oxygen atoms in total. The van der Waals surface area contributed by atoms with Gasteiger partial charge in [-0.15, -0.1) is 0 Å². The SMILES string of the molecule is COc1ccc(Cl)cc1C(=O)Nc1nc2ccc(S(=O)(=O)N(C)C)cc2s1. The van der Waals surface area contributed by atoms with Gasteiger partial charge in [-0.1, -0.05) is 22.9 Å². The third-order valence-corrected chi connectivity index (χ3v) is 6.74. The average Bonchev–Trinajstić information content (AvgIpc) is 3.02.